The topological polar surface area (TPSA) is 38.0 Å². The van der Waals surface area contributed by atoms with Gasteiger partial charge in [0.1, 0.15) is 0 Å². The molecule has 0 aliphatic heterocycles. The summed E-state index contributed by atoms with van der Waals surface area (Å²) in [6, 6.07) is 12.8. The minimum Gasteiger partial charge on any atom is -0.271 e. The Morgan fingerprint density at radius 3 is 2.38 bits per heavy atom. The van der Waals surface area contributed by atoms with Gasteiger partial charge in [-0.3, -0.25) is 5.84 Å². The third-order valence-electron chi connectivity index (χ3n) is 2.42. The summed E-state index contributed by atoms with van der Waals surface area (Å²) in [5.74, 6) is 5.64. The first-order chi connectivity index (χ1) is 7.70. The Kier molecular flexibility index (Phi) is 3.96. The Bertz CT molecular complexity index is 464. The van der Waals surface area contributed by atoms with Crippen molar-refractivity contribution >= 4 is 33.9 Å². The van der Waals surface area contributed by atoms with Crippen molar-refractivity contribution in [3.8, 4) is 0 Å². The lowest BCUT2D eigenvalue weighted by Crippen LogP contribution is -2.28. The quantitative estimate of drug-likeness (QED) is 0.510. The van der Waals surface area contributed by atoms with Gasteiger partial charge in [0.05, 0.1) is 6.04 Å². The molecule has 2 nitrogen and oxygen atoms in total. The second-order valence-electron chi connectivity index (χ2n) is 3.60. The van der Waals surface area contributed by atoms with Gasteiger partial charge in [0.25, 0.3) is 0 Å². The van der Waals surface area contributed by atoms with E-state index in [1.165, 1.54) is 18.9 Å². The molecule has 3 N–H and O–H groups in total. The predicted molar refractivity (Wildman–Crippen MR) is 77.4 cm³/mol. The molecule has 1 heterocycles. The molecule has 2 rings (SSSR count). The maximum atomic E-state index is 5.64. The summed E-state index contributed by atoms with van der Waals surface area (Å²) in [6.07, 6.45) is 0. The Morgan fingerprint density at radius 2 is 1.88 bits per heavy atom. The van der Waals surface area contributed by atoms with Crippen LogP contribution in [0.2, 0.25) is 0 Å². The summed E-state index contributed by atoms with van der Waals surface area (Å²) in [5, 5.41) is 0. The van der Waals surface area contributed by atoms with Crippen LogP contribution in [0.15, 0.2) is 36.4 Å². The Balaban J connectivity index is 2.32. The second-order valence-corrected chi connectivity index (χ2v) is 6.16. The zero-order valence-electron chi connectivity index (χ0n) is 8.91. The van der Waals surface area contributed by atoms with E-state index < -0.39 is 0 Å². The molecule has 1 aromatic carbocycles. The van der Waals surface area contributed by atoms with Crippen molar-refractivity contribution in [2.75, 3.05) is 0 Å². The summed E-state index contributed by atoms with van der Waals surface area (Å²) < 4.78 is 1.24. The van der Waals surface area contributed by atoms with Gasteiger partial charge >= 0.3 is 0 Å². The van der Waals surface area contributed by atoms with Crippen LogP contribution in [0.1, 0.15) is 21.4 Å². The first-order valence-electron chi connectivity index (χ1n) is 4.98. The fourth-order valence-corrected chi connectivity index (χ4v) is 2.93. The van der Waals surface area contributed by atoms with E-state index in [9.17, 15) is 0 Å². The van der Waals surface area contributed by atoms with E-state index in [1.54, 1.807) is 11.3 Å². The van der Waals surface area contributed by atoms with Gasteiger partial charge in [0, 0.05) is 13.3 Å². The normalized spacial score (nSPS) is 12.7. The molecule has 0 saturated carbocycles. The molecule has 1 unspecified atom stereocenters. The lowest BCUT2D eigenvalue weighted by molar-refractivity contribution is 0.646. The predicted octanol–water partition coefficient (Wildman–Crippen LogP) is 3.21. The molecule has 84 valence electrons. The molecule has 0 spiro atoms. The smallest absolute Gasteiger partial charge is 0.0802 e. The molecular weight excluding hydrogens is 331 g/mol. The lowest BCUT2D eigenvalue weighted by atomic mass is 10.1. The average Bonchev–Trinajstić information content (AvgIpc) is 2.69. The van der Waals surface area contributed by atoms with Crippen LogP contribution >= 0.6 is 33.9 Å². The van der Waals surface area contributed by atoms with Crippen molar-refractivity contribution in [3.63, 3.8) is 0 Å². The number of nitrogens with two attached hydrogens (primary N) is 1. The summed E-state index contributed by atoms with van der Waals surface area (Å²) in [4.78, 5) is 2.56. The van der Waals surface area contributed by atoms with Gasteiger partial charge in [-0.25, -0.2) is 5.43 Å². The summed E-state index contributed by atoms with van der Waals surface area (Å²) >= 11 is 4.08. The molecular formula is C12H13IN2S. The van der Waals surface area contributed by atoms with Crippen LogP contribution in [-0.2, 0) is 0 Å². The molecule has 2 aromatic rings. The van der Waals surface area contributed by atoms with Crippen LogP contribution in [0.25, 0.3) is 0 Å². The number of rotatable bonds is 3. The molecule has 1 aromatic heterocycles. The van der Waals surface area contributed by atoms with E-state index in [4.69, 9.17) is 5.84 Å². The largest absolute Gasteiger partial charge is 0.271 e. The number of hydrazine groups is 1. The third-order valence-corrected chi connectivity index (χ3v) is 4.20. The van der Waals surface area contributed by atoms with Crippen LogP contribution in [0.3, 0.4) is 0 Å². The van der Waals surface area contributed by atoms with Crippen molar-refractivity contribution < 1.29 is 0 Å². The molecule has 0 saturated heterocycles. The molecule has 0 fully saturated rings. The summed E-state index contributed by atoms with van der Waals surface area (Å²) in [7, 11) is 0. The van der Waals surface area contributed by atoms with Crippen molar-refractivity contribution in [1.29, 1.82) is 0 Å². The van der Waals surface area contributed by atoms with Gasteiger partial charge in [0.2, 0.25) is 0 Å². The first-order valence-corrected chi connectivity index (χ1v) is 6.88. The van der Waals surface area contributed by atoms with E-state index in [2.05, 4.69) is 71.3 Å². The van der Waals surface area contributed by atoms with Crippen LogP contribution in [0.5, 0.6) is 0 Å². The van der Waals surface area contributed by atoms with Gasteiger partial charge in [0.15, 0.2) is 0 Å². The number of benzene rings is 1. The average molecular weight is 344 g/mol. The SMILES string of the molecule is Cc1ccc(C(NN)c2ccc(I)cc2)s1. The van der Waals surface area contributed by atoms with E-state index in [0.29, 0.717) is 0 Å². The minimum atomic E-state index is 0.0932. The molecule has 16 heavy (non-hydrogen) atoms. The highest BCUT2D eigenvalue weighted by Crippen LogP contribution is 2.27. The van der Waals surface area contributed by atoms with E-state index in [-0.39, 0.29) is 6.04 Å². The van der Waals surface area contributed by atoms with Gasteiger partial charge in [-0.2, -0.15) is 0 Å². The van der Waals surface area contributed by atoms with Crippen LogP contribution in [0, 0.1) is 10.5 Å². The Hall–Kier alpha value is -0.430. The minimum absolute atomic E-state index is 0.0932. The van der Waals surface area contributed by atoms with Crippen LogP contribution in [0.4, 0.5) is 0 Å². The highest BCUT2D eigenvalue weighted by atomic mass is 127. The van der Waals surface area contributed by atoms with E-state index in [1.807, 2.05) is 0 Å². The van der Waals surface area contributed by atoms with Crippen molar-refractivity contribution in [3.05, 3.63) is 55.3 Å². The third kappa shape index (κ3) is 2.63. The van der Waals surface area contributed by atoms with Crippen LogP contribution in [-0.4, -0.2) is 0 Å². The summed E-state index contributed by atoms with van der Waals surface area (Å²) in [6.45, 7) is 2.11. The number of halogens is 1. The van der Waals surface area contributed by atoms with Crippen molar-refractivity contribution in [1.82, 2.24) is 5.43 Å². The fourth-order valence-electron chi connectivity index (χ4n) is 1.61. The standard InChI is InChI=1S/C12H13IN2S/c1-8-2-7-11(16-8)12(15-14)9-3-5-10(13)6-4-9/h2-7,12,15H,14H2,1H3. The van der Waals surface area contributed by atoms with Gasteiger partial charge < -0.3 is 0 Å². The number of hydrogen-bond donors (Lipinski definition) is 2. The zero-order chi connectivity index (χ0) is 11.5. The molecule has 4 heteroatoms. The van der Waals surface area contributed by atoms with Gasteiger partial charge in [-0.15, -0.1) is 11.3 Å². The maximum Gasteiger partial charge on any atom is 0.0802 e. The zero-order valence-corrected chi connectivity index (χ0v) is 11.9. The highest BCUT2D eigenvalue weighted by molar-refractivity contribution is 14.1. The fraction of sp³-hybridized carbons (Fsp3) is 0.167. The van der Waals surface area contributed by atoms with Crippen molar-refractivity contribution in [2.45, 2.75) is 13.0 Å². The molecule has 0 aliphatic carbocycles. The molecule has 0 radical (unpaired) electrons. The number of nitrogens with one attached hydrogen (secondary N) is 1. The lowest BCUT2D eigenvalue weighted by Gasteiger charge is -2.14. The number of thiophene rings is 1. The number of aryl methyl sites for hydroxylation is 1. The van der Waals surface area contributed by atoms with E-state index in [0.717, 1.165) is 0 Å². The van der Waals surface area contributed by atoms with Gasteiger partial charge in [-0.05, 0) is 59.3 Å². The summed E-state index contributed by atoms with van der Waals surface area (Å²) in [5.41, 5.74) is 4.07. The molecule has 1 atom stereocenters. The maximum absolute atomic E-state index is 5.64. The molecule has 0 aliphatic rings. The molecule has 0 bridgehead atoms. The van der Waals surface area contributed by atoms with Crippen molar-refractivity contribution in [2.24, 2.45) is 5.84 Å². The first kappa shape index (κ1) is 12.0. The molecule has 0 amide bonds. The second kappa shape index (κ2) is 5.27. The van der Waals surface area contributed by atoms with Gasteiger partial charge in [-0.1, -0.05) is 12.1 Å². The van der Waals surface area contributed by atoms with Crippen LogP contribution < -0.4 is 11.3 Å². The Labute approximate surface area is 113 Å². The monoisotopic (exact) mass is 344 g/mol. The number of hydrogen-bond acceptors (Lipinski definition) is 3. The Morgan fingerprint density at radius 1 is 1.19 bits per heavy atom. The van der Waals surface area contributed by atoms with E-state index >= 15 is 0 Å². The highest BCUT2D eigenvalue weighted by Gasteiger charge is 2.13.